The van der Waals surface area contributed by atoms with Crippen molar-refractivity contribution in [1.82, 2.24) is 14.7 Å². The number of carbonyl (C=O) groups is 2. The van der Waals surface area contributed by atoms with Crippen LogP contribution in [0.5, 0.6) is 0 Å². The van der Waals surface area contributed by atoms with Gasteiger partial charge >= 0.3 is 5.91 Å². The first-order valence-corrected chi connectivity index (χ1v) is 11.8. The van der Waals surface area contributed by atoms with Crippen LogP contribution in [-0.4, -0.2) is 33.0 Å². The molecular formula is C25H25Cl2N4O3+. The molecule has 2 amide bonds. The van der Waals surface area contributed by atoms with E-state index in [-0.39, 0.29) is 29.3 Å². The number of nitrogens with zero attached hydrogens (tertiary/aromatic N) is 3. The number of aromatic amines is 1. The van der Waals surface area contributed by atoms with Gasteiger partial charge < -0.3 is 0 Å². The molecule has 0 saturated heterocycles. The third kappa shape index (κ3) is 3.99. The zero-order valence-corrected chi connectivity index (χ0v) is 20.9. The van der Waals surface area contributed by atoms with Crippen LogP contribution < -0.4 is 10.1 Å². The summed E-state index contributed by atoms with van der Waals surface area (Å²) in [6, 6.07) is 8.53. The van der Waals surface area contributed by atoms with Gasteiger partial charge in [0, 0.05) is 24.4 Å². The van der Waals surface area contributed by atoms with Gasteiger partial charge in [-0.2, -0.15) is 4.57 Å². The molecule has 0 unspecified atom stereocenters. The Labute approximate surface area is 207 Å². The monoisotopic (exact) mass is 499 g/mol. The molecule has 0 radical (unpaired) electrons. The number of hydrogen-bond donors (Lipinski definition) is 1. The molecule has 2 aromatic heterocycles. The first kappa shape index (κ1) is 24.0. The van der Waals surface area contributed by atoms with Crippen molar-refractivity contribution >= 4 is 46.3 Å². The van der Waals surface area contributed by atoms with Crippen LogP contribution in [0, 0.1) is 6.92 Å². The predicted octanol–water partition coefficient (Wildman–Crippen LogP) is 4.34. The van der Waals surface area contributed by atoms with Crippen molar-refractivity contribution in [3.8, 4) is 5.69 Å². The first-order valence-electron chi connectivity index (χ1n) is 11.0. The van der Waals surface area contributed by atoms with Crippen molar-refractivity contribution in [2.24, 2.45) is 0 Å². The lowest BCUT2D eigenvalue weighted by molar-refractivity contribution is -0.577. The molecule has 1 aliphatic heterocycles. The Morgan fingerprint density at radius 3 is 2.26 bits per heavy atom. The van der Waals surface area contributed by atoms with Gasteiger partial charge in [0.1, 0.15) is 5.57 Å². The summed E-state index contributed by atoms with van der Waals surface area (Å²) in [5.74, 6) is -1.03. The number of halogens is 2. The van der Waals surface area contributed by atoms with Crippen molar-refractivity contribution in [3.05, 3.63) is 79.9 Å². The molecule has 1 aliphatic rings. The Morgan fingerprint density at radius 2 is 1.68 bits per heavy atom. The van der Waals surface area contributed by atoms with Crippen LogP contribution in [-0.2, 0) is 9.59 Å². The van der Waals surface area contributed by atoms with Gasteiger partial charge in [-0.15, -0.1) is 0 Å². The smallest absolute Gasteiger partial charge is 0.294 e. The van der Waals surface area contributed by atoms with Crippen LogP contribution >= 0.6 is 23.2 Å². The van der Waals surface area contributed by atoms with Gasteiger partial charge in [-0.3, -0.25) is 24.4 Å². The van der Waals surface area contributed by atoms with Crippen molar-refractivity contribution in [2.75, 3.05) is 6.54 Å². The zero-order chi connectivity index (χ0) is 24.7. The Morgan fingerprint density at radius 1 is 1.00 bits per heavy atom. The lowest BCUT2D eigenvalue weighted by Crippen LogP contribution is -2.39. The number of hydrogen-bond acceptors (Lipinski definition) is 3. The number of aromatic nitrogens is 3. The molecular weight excluding hydrogens is 475 g/mol. The van der Waals surface area contributed by atoms with E-state index in [1.54, 1.807) is 35.2 Å². The highest BCUT2D eigenvalue weighted by Crippen LogP contribution is 2.33. The maximum atomic E-state index is 13.8. The van der Waals surface area contributed by atoms with Crippen LogP contribution in [0.15, 0.2) is 47.5 Å². The molecule has 0 aliphatic carbocycles. The number of H-pyrrole nitrogens is 1. The molecule has 7 nitrogen and oxygen atoms in total. The first-order chi connectivity index (χ1) is 16.1. The lowest BCUT2D eigenvalue weighted by atomic mass is 9.98. The average Bonchev–Trinajstić information content (AvgIpc) is 3.25. The van der Waals surface area contributed by atoms with E-state index in [1.807, 2.05) is 39.8 Å². The molecule has 3 heterocycles. The molecule has 0 saturated carbocycles. The minimum absolute atomic E-state index is 0.0936. The molecule has 34 heavy (non-hydrogen) atoms. The number of rotatable bonds is 6. The maximum Gasteiger partial charge on any atom is 0.326 e. The molecule has 176 valence electrons. The molecule has 0 atom stereocenters. The van der Waals surface area contributed by atoms with E-state index >= 15 is 0 Å². The van der Waals surface area contributed by atoms with Gasteiger partial charge in [-0.1, -0.05) is 44.0 Å². The molecule has 0 bridgehead atoms. The Kier molecular flexibility index (Phi) is 6.51. The van der Waals surface area contributed by atoms with Crippen molar-refractivity contribution in [2.45, 2.75) is 40.0 Å². The summed E-state index contributed by atoms with van der Waals surface area (Å²) in [5.41, 5.74) is 2.03. The molecule has 4 rings (SSSR count). The highest BCUT2D eigenvalue weighted by Gasteiger charge is 2.47. The quantitative estimate of drug-likeness (QED) is 0.404. The number of pyridine rings is 1. The zero-order valence-electron chi connectivity index (χ0n) is 19.4. The molecule has 9 heteroatoms. The normalized spacial score (nSPS) is 14.1. The Hall–Kier alpha value is -3.16. The SMILES string of the molecule is CCCN1C(=O)C(c2c(C(C)C)[nH]n(-c3ccc(Cl)c(Cl)c3)c2=O)=C([n+]2ccc(C)cc2)C1=O. The van der Waals surface area contributed by atoms with Crippen molar-refractivity contribution < 1.29 is 14.2 Å². The fraction of sp³-hybridized carbons (Fsp3) is 0.280. The fourth-order valence-electron chi connectivity index (χ4n) is 4.02. The maximum absolute atomic E-state index is 13.8. The number of carbonyl (C=O) groups excluding carboxylic acids is 2. The molecule has 0 fully saturated rings. The van der Waals surface area contributed by atoms with Gasteiger partial charge in [-0.05, 0) is 43.0 Å². The molecule has 1 aromatic carbocycles. The van der Waals surface area contributed by atoms with Crippen molar-refractivity contribution in [3.63, 3.8) is 0 Å². The van der Waals surface area contributed by atoms with Crippen LogP contribution in [0.25, 0.3) is 17.0 Å². The average molecular weight is 500 g/mol. The van der Waals surface area contributed by atoms with Crippen LogP contribution in [0.4, 0.5) is 0 Å². The van der Waals surface area contributed by atoms with Crippen molar-refractivity contribution in [1.29, 1.82) is 0 Å². The second-order valence-corrected chi connectivity index (χ2v) is 9.38. The highest BCUT2D eigenvalue weighted by molar-refractivity contribution is 6.44. The standard InChI is InChI=1S/C25H24Cl2N4O3/c1-5-10-30-23(32)20(22(25(30)34)29-11-8-15(4)9-12-29)19-21(14(2)3)28-31(24(19)33)16-6-7-17(26)18(27)13-16/h6-9,11-14H,5,10H2,1-4H3/p+1. The summed E-state index contributed by atoms with van der Waals surface area (Å²) < 4.78 is 2.94. The van der Waals surface area contributed by atoms with Gasteiger partial charge in [-0.25, -0.2) is 4.68 Å². The van der Waals surface area contributed by atoms with Gasteiger partial charge in [0.15, 0.2) is 12.4 Å². The molecule has 0 spiro atoms. The Bertz CT molecular complexity index is 1380. The fourth-order valence-corrected chi connectivity index (χ4v) is 4.32. The largest absolute Gasteiger partial charge is 0.326 e. The minimum atomic E-state index is -0.478. The lowest BCUT2D eigenvalue weighted by Gasteiger charge is -2.12. The summed E-state index contributed by atoms with van der Waals surface area (Å²) in [4.78, 5) is 41.9. The van der Waals surface area contributed by atoms with Gasteiger partial charge in [0.25, 0.3) is 17.2 Å². The third-order valence-corrected chi connectivity index (χ3v) is 6.49. The Balaban J connectivity index is 2.02. The van der Waals surface area contributed by atoms with E-state index in [4.69, 9.17) is 23.2 Å². The number of nitrogens with one attached hydrogen (secondary N) is 1. The summed E-state index contributed by atoms with van der Waals surface area (Å²) in [6.07, 6.45) is 4.06. The number of amides is 2. The number of imide groups is 1. The summed E-state index contributed by atoms with van der Waals surface area (Å²) in [7, 11) is 0. The van der Waals surface area contributed by atoms with Gasteiger partial charge in [0.2, 0.25) is 0 Å². The third-order valence-electron chi connectivity index (χ3n) is 5.75. The van der Waals surface area contributed by atoms with E-state index in [0.717, 1.165) is 5.56 Å². The second kappa shape index (κ2) is 9.24. The second-order valence-electron chi connectivity index (χ2n) is 8.56. The minimum Gasteiger partial charge on any atom is -0.294 e. The van der Waals surface area contributed by atoms with E-state index < -0.39 is 17.4 Å². The topological polar surface area (TPSA) is 79.1 Å². The van der Waals surface area contributed by atoms with E-state index in [0.29, 0.717) is 27.8 Å². The number of benzene rings is 1. The number of aryl methyl sites for hydroxylation is 1. The summed E-state index contributed by atoms with van der Waals surface area (Å²) in [5, 5.41) is 3.79. The molecule has 3 aromatic rings. The van der Waals surface area contributed by atoms with Crippen LogP contribution in [0.3, 0.4) is 0 Å². The predicted molar refractivity (Wildman–Crippen MR) is 132 cm³/mol. The van der Waals surface area contributed by atoms with E-state index in [1.165, 1.54) is 9.58 Å². The van der Waals surface area contributed by atoms with Gasteiger partial charge in [0.05, 0.1) is 21.3 Å². The molecule has 1 N–H and O–H groups in total. The van der Waals surface area contributed by atoms with E-state index in [2.05, 4.69) is 5.10 Å². The van der Waals surface area contributed by atoms with Crippen LogP contribution in [0.2, 0.25) is 10.0 Å². The summed E-state index contributed by atoms with van der Waals surface area (Å²) >= 11 is 12.2. The van der Waals surface area contributed by atoms with Crippen LogP contribution in [0.1, 0.15) is 49.9 Å². The van der Waals surface area contributed by atoms with E-state index in [9.17, 15) is 14.4 Å². The highest BCUT2D eigenvalue weighted by atomic mass is 35.5. The summed E-state index contributed by atoms with van der Waals surface area (Å²) in [6.45, 7) is 7.92.